The second kappa shape index (κ2) is 21.7. The fourth-order valence-corrected chi connectivity index (χ4v) is 8.39. The second-order valence-corrected chi connectivity index (χ2v) is 16.9. The third kappa shape index (κ3) is 11.2. The number of hydrogen-bond acceptors (Lipinski definition) is 6. The second-order valence-electron chi connectivity index (χ2n) is 16.9. The SMILES string of the molecule is COc1ccc(N(c2ccccc2)c2ccc(/C=C/c3ccc(/C=C/c4ccc(N(c5ccccc5)c5ccc(C(=O)c6ccc(C(C)c7ccc(OC(C)=O)cc7)cc6)cc5)cc4)cc3)cc2)cc1. The van der Waals surface area contributed by atoms with Crippen LogP contribution in [0.15, 0.2) is 231 Å². The first kappa shape index (κ1) is 46.1. The van der Waals surface area contributed by atoms with Gasteiger partial charge in [0.1, 0.15) is 11.5 Å². The van der Waals surface area contributed by atoms with Crippen LogP contribution in [0.2, 0.25) is 0 Å². The molecule has 0 saturated carbocycles. The predicted molar refractivity (Wildman–Crippen MR) is 288 cm³/mol. The first-order chi connectivity index (χ1) is 34.3. The maximum absolute atomic E-state index is 13.7. The zero-order chi connectivity index (χ0) is 48.2. The largest absolute Gasteiger partial charge is 0.497 e. The lowest BCUT2D eigenvalue weighted by Crippen LogP contribution is -2.10. The average Bonchev–Trinajstić information content (AvgIpc) is 3.41. The van der Waals surface area contributed by atoms with Gasteiger partial charge in [0.25, 0.3) is 0 Å². The number of ether oxygens (including phenoxy) is 2. The number of hydrogen-bond donors (Lipinski definition) is 0. The summed E-state index contributed by atoms with van der Waals surface area (Å²) in [7, 11) is 1.68. The Bertz CT molecular complexity index is 3200. The molecule has 70 heavy (non-hydrogen) atoms. The number of methoxy groups -OCH3 is 1. The molecule has 6 heteroatoms. The summed E-state index contributed by atoms with van der Waals surface area (Å²) in [5, 5.41) is 0. The third-order valence-electron chi connectivity index (χ3n) is 12.2. The van der Waals surface area contributed by atoms with Crippen molar-refractivity contribution in [3.8, 4) is 11.5 Å². The Kier molecular flexibility index (Phi) is 14.3. The Labute approximate surface area is 410 Å². The molecule has 342 valence electrons. The number of anilines is 6. The minimum Gasteiger partial charge on any atom is -0.497 e. The van der Waals surface area contributed by atoms with E-state index in [-0.39, 0.29) is 17.7 Å². The minimum absolute atomic E-state index is 0.0376. The van der Waals surface area contributed by atoms with Gasteiger partial charge in [-0.15, -0.1) is 0 Å². The fourth-order valence-electron chi connectivity index (χ4n) is 8.39. The van der Waals surface area contributed by atoms with Gasteiger partial charge >= 0.3 is 5.97 Å². The van der Waals surface area contributed by atoms with E-state index in [0.717, 1.165) is 73.3 Å². The summed E-state index contributed by atoms with van der Waals surface area (Å²) in [5.74, 6) is 1.06. The molecular weight excluding hydrogens is 861 g/mol. The lowest BCUT2D eigenvalue weighted by atomic mass is 9.91. The van der Waals surface area contributed by atoms with Crippen LogP contribution in [-0.4, -0.2) is 18.9 Å². The van der Waals surface area contributed by atoms with Crippen molar-refractivity contribution in [3.63, 3.8) is 0 Å². The summed E-state index contributed by atoms with van der Waals surface area (Å²) < 4.78 is 10.6. The van der Waals surface area contributed by atoms with E-state index in [1.807, 2.05) is 97.1 Å². The van der Waals surface area contributed by atoms with Crippen LogP contribution in [0.1, 0.15) is 69.1 Å². The van der Waals surface area contributed by atoms with Crippen LogP contribution in [0.5, 0.6) is 11.5 Å². The molecule has 0 aliphatic carbocycles. The monoisotopic (exact) mass is 912 g/mol. The van der Waals surface area contributed by atoms with Crippen molar-refractivity contribution in [2.24, 2.45) is 0 Å². The number of nitrogens with zero attached hydrogens (tertiary/aromatic N) is 2. The lowest BCUT2D eigenvalue weighted by molar-refractivity contribution is -0.131. The number of esters is 1. The van der Waals surface area contributed by atoms with Crippen molar-refractivity contribution in [1.29, 1.82) is 0 Å². The van der Waals surface area contributed by atoms with Crippen molar-refractivity contribution in [2.45, 2.75) is 19.8 Å². The van der Waals surface area contributed by atoms with Gasteiger partial charge in [0.05, 0.1) is 7.11 Å². The Hall–Kier alpha value is -9.00. The van der Waals surface area contributed by atoms with Gasteiger partial charge in [0.2, 0.25) is 0 Å². The maximum atomic E-state index is 13.7. The summed E-state index contributed by atoms with van der Waals surface area (Å²) in [6.07, 6.45) is 8.55. The van der Waals surface area contributed by atoms with Crippen LogP contribution in [-0.2, 0) is 4.79 Å². The molecule has 0 radical (unpaired) electrons. The molecule has 0 aromatic heterocycles. The summed E-state index contributed by atoms with van der Waals surface area (Å²) in [6.45, 7) is 3.51. The molecule has 9 aromatic carbocycles. The van der Waals surface area contributed by atoms with Crippen molar-refractivity contribution in [2.75, 3.05) is 16.9 Å². The quantitative estimate of drug-likeness (QED) is 0.0417. The lowest BCUT2D eigenvalue weighted by Gasteiger charge is -2.25. The highest BCUT2D eigenvalue weighted by Crippen LogP contribution is 2.37. The van der Waals surface area contributed by atoms with E-state index >= 15 is 0 Å². The van der Waals surface area contributed by atoms with E-state index in [9.17, 15) is 9.59 Å². The number of para-hydroxylation sites is 2. The van der Waals surface area contributed by atoms with Gasteiger partial charge in [-0.2, -0.15) is 0 Å². The molecule has 0 amide bonds. The van der Waals surface area contributed by atoms with Crippen molar-refractivity contribution in [1.82, 2.24) is 0 Å². The van der Waals surface area contributed by atoms with Crippen LogP contribution in [0, 0.1) is 0 Å². The van der Waals surface area contributed by atoms with Gasteiger partial charge in [-0.3, -0.25) is 9.59 Å². The molecule has 9 aromatic rings. The van der Waals surface area contributed by atoms with E-state index in [1.54, 1.807) is 19.2 Å². The van der Waals surface area contributed by atoms with Gasteiger partial charge < -0.3 is 19.3 Å². The molecule has 0 saturated heterocycles. The van der Waals surface area contributed by atoms with Gasteiger partial charge in [0, 0.05) is 58.1 Å². The Morgan fingerprint density at radius 3 is 1.06 bits per heavy atom. The summed E-state index contributed by atoms with van der Waals surface area (Å²) in [6, 6.07) is 77.5. The van der Waals surface area contributed by atoms with Gasteiger partial charge in [-0.1, -0.05) is 153 Å². The zero-order valence-electron chi connectivity index (χ0n) is 39.4. The molecule has 0 spiro atoms. The molecular formula is C64H52N2O4. The molecule has 1 unspecified atom stereocenters. The zero-order valence-corrected chi connectivity index (χ0v) is 39.4. The fraction of sp³-hybridized carbons (Fsp3) is 0.0625. The summed E-state index contributed by atoms with van der Waals surface area (Å²) >= 11 is 0. The number of benzene rings is 9. The number of ketones is 1. The first-order valence-corrected chi connectivity index (χ1v) is 23.3. The van der Waals surface area contributed by atoms with Crippen molar-refractivity contribution >= 4 is 70.2 Å². The van der Waals surface area contributed by atoms with E-state index < -0.39 is 0 Å². The molecule has 0 aliphatic heterocycles. The van der Waals surface area contributed by atoms with Crippen LogP contribution in [0.25, 0.3) is 24.3 Å². The summed E-state index contributed by atoms with van der Waals surface area (Å²) in [5.41, 5.74) is 14.0. The van der Waals surface area contributed by atoms with Gasteiger partial charge in [-0.05, 0) is 143 Å². The van der Waals surface area contributed by atoms with E-state index in [4.69, 9.17) is 9.47 Å². The molecule has 0 N–H and O–H groups in total. The Morgan fingerprint density at radius 2 is 0.686 bits per heavy atom. The van der Waals surface area contributed by atoms with Gasteiger partial charge in [0.15, 0.2) is 5.78 Å². The van der Waals surface area contributed by atoms with Crippen LogP contribution in [0.4, 0.5) is 34.1 Å². The first-order valence-electron chi connectivity index (χ1n) is 23.3. The molecule has 0 fully saturated rings. The van der Waals surface area contributed by atoms with Crippen LogP contribution < -0.4 is 19.3 Å². The molecule has 6 nitrogen and oxygen atoms in total. The summed E-state index contributed by atoms with van der Waals surface area (Å²) in [4.78, 5) is 29.4. The van der Waals surface area contributed by atoms with E-state index in [2.05, 4.69) is 162 Å². The van der Waals surface area contributed by atoms with Crippen molar-refractivity contribution in [3.05, 3.63) is 275 Å². The van der Waals surface area contributed by atoms with Gasteiger partial charge in [-0.25, -0.2) is 0 Å². The normalized spacial score (nSPS) is 11.6. The van der Waals surface area contributed by atoms with Crippen LogP contribution in [0.3, 0.4) is 0 Å². The van der Waals surface area contributed by atoms with E-state index in [0.29, 0.717) is 16.9 Å². The topological polar surface area (TPSA) is 59.1 Å². The molecule has 9 rings (SSSR count). The Morgan fingerprint density at radius 1 is 0.386 bits per heavy atom. The molecule has 1 atom stereocenters. The number of carbonyl (C=O) groups is 2. The van der Waals surface area contributed by atoms with Crippen molar-refractivity contribution < 1.29 is 19.1 Å². The standard InChI is InChI=1S/C64H52N2O4/c1-46(53-32-42-63(43-33-53)70-47(2)67)52-26-28-54(29-27-52)64(68)55-30-38-60(39-31-55)65(56-10-6-4-7-11-56)58-34-22-50(23-35-58)20-18-48-14-16-49(17-15-48)19-21-51-24-36-59(37-25-51)66(57-12-8-5-9-13-57)61-40-44-62(69-3)45-41-61/h4-46H,1-3H3/b20-18+,21-19+. The third-order valence-corrected chi connectivity index (χ3v) is 12.2. The molecule has 0 heterocycles. The highest BCUT2D eigenvalue weighted by molar-refractivity contribution is 6.09. The molecule has 0 aliphatic rings. The highest BCUT2D eigenvalue weighted by atomic mass is 16.5. The molecule has 0 bridgehead atoms. The maximum Gasteiger partial charge on any atom is 0.308 e. The Balaban J connectivity index is 0.835. The average molecular weight is 913 g/mol. The number of carbonyl (C=O) groups excluding carboxylic acids is 2. The smallest absolute Gasteiger partial charge is 0.308 e. The predicted octanol–water partition coefficient (Wildman–Crippen LogP) is 16.3. The minimum atomic E-state index is -0.346. The van der Waals surface area contributed by atoms with Crippen LogP contribution >= 0.6 is 0 Å². The highest BCUT2D eigenvalue weighted by Gasteiger charge is 2.17. The number of rotatable bonds is 16. The van der Waals surface area contributed by atoms with E-state index in [1.165, 1.54) is 6.92 Å².